The van der Waals surface area contributed by atoms with E-state index in [4.69, 9.17) is 0 Å². The first-order chi connectivity index (χ1) is 11.3. The summed E-state index contributed by atoms with van der Waals surface area (Å²) in [5.74, 6) is 0.851. The third-order valence-electron chi connectivity index (χ3n) is 3.55. The minimum absolute atomic E-state index is 0.851. The summed E-state index contributed by atoms with van der Waals surface area (Å²) in [4.78, 5) is 9.98. The Morgan fingerprint density at radius 1 is 1.17 bits per heavy atom. The zero-order valence-electron chi connectivity index (χ0n) is 12.5. The van der Waals surface area contributed by atoms with Crippen molar-refractivity contribution in [2.45, 2.75) is 10.8 Å². The van der Waals surface area contributed by atoms with E-state index in [0.29, 0.717) is 0 Å². The summed E-state index contributed by atoms with van der Waals surface area (Å²) in [6, 6.07) is 10.4. The third-order valence-corrected chi connectivity index (χ3v) is 5.50. The highest BCUT2D eigenvalue weighted by atomic mass is 32.2. The predicted octanol–water partition coefficient (Wildman–Crippen LogP) is 4.38. The molecule has 6 heteroatoms. The number of rotatable bonds is 4. The minimum atomic E-state index is 0.851. The van der Waals surface area contributed by atoms with Gasteiger partial charge in [0.25, 0.3) is 0 Å². The molecule has 0 saturated heterocycles. The molecule has 3 heterocycles. The van der Waals surface area contributed by atoms with E-state index in [1.54, 1.807) is 29.4 Å². The molecular formula is C17H14N4S2. The van der Waals surface area contributed by atoms with Gasteiger partial charge >= 0.3 is 0 Å². The number of thiophene rings is 1. The summed E-state index contributed by atoms with van der Waals surface area (Å²) in [6.07, 6.45) is 5.59. The molecule has 0 N–H and O–H groups in total. The Morgan fingerprint density at radius 2 is 2.04 bits per heavy atom. The quantitative estimate of drug-likeness (QED) is 0.409. The van der Waals surface area contributed by atoms with Crippen LogP contribution in [0, 0.1) is 0 Å². The molecule has 114 valence electrons. The van der Waals surface area contributed by atoms with Crippen molar-refractivity contribution in [3.8, 4) is 11.1 Å². The summed E-state index contributed by atoms with van der Waals surface area (Å²) in [7, 11) is 1.93. The van der Waals surface area contributed by atoms with Crippen LogP contribution in [0.1, 0.15) is 5.56 Å². The Labute approximate surface area is 142 Å². The van der Waals surface area contributed by atoms with Gasteiger partial charge in [0.15, 0.2) is 0 Å². The van der Waals surface area contributed by atoms with Crippen LogP contribution in [-0.2, 0) is 12.8 Å². The molecule has 0 radical (unpaired) electrons. The molecule has 0 bridgehead atoms. The summed E-state index contributed by atoms with van der Waals surface area (Å²) < 4.78 is 1.82. The molecule has 1 aromatic carbocycles. The lowest BCUT2D eigenvalue weighted by molar-refractivity contribution is 0.767. The van der Waals surface area contributed by atoms with Crippen molar-refractivity contribution in [1.29, 1.82) is 0 Å². The van der Waals surface area contributed by atoms with Gasteiger partial charge in [0, 0.05) is 35.5 Å². The molecule has 0 saturated carbocycles. The molecule has 4 nitrogen and oxygen atoms in total. The molecule has 0 amide bonds. The van der Waals surface area contributed by atoms with E-state index in [-0.39, 0.29) is 0 Å². The number of hydrogen-bond donors (Lipinski definition) is 0. The van der Waals surface area contributed by atoms with Gasteiger partial charge in [0.1, 0.15) is 16.2 Å². The third kappa shape index (κ3) is 2.87. The highest BCUT2D eigenvalue weighted by Gasteiger charge is 2.13. The molecule has 0 unspecified atom stereocenters. The van der Waals surface area contributed by atoms with Gasteiger partial charge in [-0.15, -0.1) is 23.1 Å². The zero-order chi connectivity index (χ0) is 15.6. The molecule has 4 rings (SSSR count). The second-order valence-electron chi connectivity index (χ2n) is 5.19. The van der Waals surface area contributed by atoms with Gasteiger partial charge in [-0.3, -0.25) is 4.68 Å². The fraction of sp³-hybridized carbons (Fsp3) is 0.118. The van der Waals surface area contributed by atoms with E-state index in [9.17, 15) is 0 Å². The number of aryl methyl sites for hydroxylation is 1. The zero-order valence-corrected chi connectivity index (χ0v) is 14.1. The fourth-order valence-electron chi connectivity index (χ4n) is 2.49. The van der Waals surface area contributed by atoms with Crippen molar-refractivity contribution < 1.29 is 0 Å². The monoisotopic (exact) mass is 338 g/mol. The smallest absolute Gasteiger partial charge is 0.128 e. The summed E-state index contributed by atoms with van der Waals surface area (Å²) in [6.45, 7) is 0. The van der Waals surface area contributed by atoms with Crippen molar-refractivity contribution in [1.82, 2.24) is 19.7 Å². The van der Waals surface area contributed by atoms with Crippen LogP contribution < -0.4 is 0 Å². The van der Waals surface area contributed by atoms with Crippen LogP contribution in [0.25, 0.3) is 21.3 Å². The van der Waals surface area contributed by atoms with E-state index in [1.807, 2.05) is 30.2 Å². The van der Waals surface area contributed by atoms with Gasteiger partial charge in [-0.05, 0) is 5.56 Å². The number of aromatic nitrogens is 4. The van der Waals surface area contributed by atoms with Gasteiger partial charge in [-0.2, -0.15) is 5.10 Å². The maximum atomic E-state index is 4.52. The molecule has 0 atom stereocenters. The van der Waals surface area contributed by atoms with Crippen LogP contribution in [0.15, 0.2) is 59.5 Å². The second-order valence-corrected chi connectivity index (χ2v) is 7.01. The molecule has 3 aromatic heterocycles. The molecular weight excluding hydrogens is 324 g/mol. The first-order valence-corrected chi connectivity index (χ1v) is 9.06. The normalized spacial score (nSPS) is 11.2. The van der Waals surface area contributed by atoms with E-state index in [1.165, 1.54) is 16.7 Å². The average Bonchev–Trinajstić information content (AvgIpc) is 3.20. The van der Waals surface area contributed by atoms with Gasteiger partial charge in [-0.1, -0.05) is 30.3 Å². The lowest BCUT2D eigenvalue weighted by Crippen LogP contribution is -1.87. The van der Waals surface area contributed by atoms with Crippen molar-refractivity contribution in [3.05, 3.63) is 60.0 Å². The number of nitrogens with zero attached hydrogens (tertiary/aromatic N) is 4. The molecule has 0 aliphatic rings. The van der Waals surface area contributed by atoms with Crippen molar-refractivity contribution in [2.75, 3.05) is 0 Å². The number of benzene rings is 1. The molecule has 4 aromatic rings. The summed E-state index contributed by atoms with van der Waals surface area (Å²) in [5.41, 5.74) is 3.61. The van der Waals surface area contributed by atoms with Gasteiger partial charge < -0.3 is 0 Å². The maximum Gasteiger partial charge on any atom is 0.128 e. The van der Waals surface area contributed by atoms with Gasteiger partial charge in [0.05, 0.1) is 11.6 Å². The number of thioether (sulfide) groups is 1. The highest BCUT2D eigenvalue weighted by molar-refractivity contribution is 7.98. The van der Waals surface area contributed by atoms with Crippen LogP contribution in [0.3, 0.4) is 0 Å². The fourth-order valence-corrected chi connectivity index (χ4v) is 4.39. The Kier molecular flexibility index (Phi) is 3.85. The summed E-state index contributed by atoms with van der Waals surface area (Å²) >= 11 is 3.40. The van der Waals surface area contributed by atoms with Crippen LogP contribution in [-0.4, -0.2) is 19.7 Å². The van der Waals surface area contributed by atoms with E-state index in [2.05, 4.69) is 44.7 Å². The molecule has 23 heavy (non-hydrogen) atoms. The molecule has 0 aliphatic heterocycles. The SMILES string of the molecule is Cn1cc(CSc2ncnc3scc(-c4ccccc4)c23)cn1. The molecule has 0 aliphatic carbocycles. The second kappa shape index (κ2) is 6.14. The van der Waals surface area contributed by atoms with E-state index in [0.717, 1.165) is 21.0 Å². The average molecular weight is 338 g/mol. The first-order valence-electron chi connectivity index (χ1n) is 7.19. The van der Waals surface area contributed by atoms with Crippen LogP contribution >= 0.6 is 23.1 Å². The van der Waals surface area contributed by atoms with Crippen LogP contribution in [0.2, 0.25) is 0 Å². The molecule has 0 fully saturated rings. The predicted molar refractivity (Wildman–Crippen MR) is 95.6 cm³/mol. The van der Waals surface area contributed by atoms with Crippen molar-refractivity contribution >= 4 is 33.3 Å². The topological polar surface area (TPSA) is 43.6 Å². The highest BCUT2D eigenvalue weighted by Crippen LogP contribution is 2.38. The van der Waals surface area contributed by atoms with Crippen molar-refractivity contribution in [2.24, 2.45) is 7.05 Å². The standard InChI is InChI=1S/C17H14N4S2/c1-21-8-12(7-20-21)9-22-16-15-14(13-5-3-2-4-6-13)10-23-17(15)19-11-18-16/h2-8,10-11H,9H2,1H3. The Bertz CT molecular complexity index is 944. The van der Waals surface area contributed by atoms with Crippen molar-refractivity contribution in [3.63, 3.8) is 0 Å². The Morgan fingerprint density at radius 3 is 2.83 bits per heavy atom. The lowest BCUT2D eigenvalue weighted by atomic mass is 10.1. The molecule has 0 spiro atoms. The Balaban J connectivity index is 1.73. The van der Waals surface area contributed by atoms with Gasteiger partial charge in [-0.25, -0.2) is 9.97 Å². The number of fused-ring (bicyclic) bond motifs is 1. The summed E-state index contributed by atoms with van der Waals surface area (Å²) in [5, 5.41) is 8.57. The number of hydrogen-bond acceptors (Lipinski definition) is 5. The lowest BCUT2D eigenvalue weighted by Gasteiger charge is -2.04. The van der Waals surface area contributed by atoms with Gasteiger partial charge in [0.2, 0.25) is 0 Å². The Hall–Kier alpha value is -2.18. The van der Waals surface area contributed by atoms with E-state index >= 15 is 0 Å². The largest absolute Gasteiger partial charge is 0.276 e. The minimum Gasteiger partial charge on any atom is -0.276 e. The van der Waals surface area contributed by atoms with Crippen LogP contribution in [0.5, 0.6) is 0 Å². The maximum absolute atomic E-state index is 4.52. The van der Waals surface area contributed by atoms with E-state index < -0.39 is 0 Å². The van der Waals surface area contributed by atoms with Crippen LogP contribution in [0.4, 0.5) is 0 Å². The first kappa shape index (κ1) is 14.4.